The number of aromatic nitrogens is 2. The van der Waals surface area contributed by atoms with Crippen molar-refractivity contribution in [3.8, 4) is 23.8 Å². The number of ether oxygens (including phenoxy) is 3. The molecule has 0 amide bonds. The maximum Gasteiger partial charge on any atom is 0.395 e. The van der Waals surface area contributed by atoms with E-state index in [0.29, 0.717) is 0 Å². The predicted molar refractivity (Wildman–Crippen MR) is 143 cm³/mol. The summed E-state index contributed by atoms with van der Waals surface area (Å²) in [5.41, 5.74) is -2.68. The minimum atomic E-state index is -2.74. The van der Waals surface area contributed by atoms with Gasteiger partial charge < -0.3 is 29.3 Å². The van der Waals surface area contributed by atoms with Gasteiger partial charge in [0.05, 0.1) is 0 Å². The Balaban J connectivity index is 1.43. The van der Waals surface area contributed by atoms with Gasteiger partial charge in [0.1, 0.15) is 25.4 Å². The van der Waals surface area contributed by atoms with Crippen molar-refractivity contribution in [3.63, 3.8) is 0 Å². The van der Waals surface area contributed by atoms with Crippen molar-refractivity contribution in [1.82, 2.24) is 9.55 Å². The zero-order valence-electron chi connectivity index (χ0n) is 21.7. The SMILES string of the molecule is C#C[C@]1(COc2ccccc2O/[P+]([O-])=N/[C@@H](C)C(=O)OCc2ccccc2)O[C@@H](n2ccc(=O)[nH]c2=O)[C@H](O)[C@@H]1O. The highest BCUT2D eigenvalue weighted by Gasteiger charge is 2.55. The van der Waals surface area contributed by atoms with Gasteiger partial charge in [0.25, 0.3) is 5.56 Å². The van der Waals surface area contributed by atoms with Gasteiger partial charge in [-0.05, 0) is 24.6 Å². The zero-order chi connectivity index (χ0) is 29.6. The van der Waals surface area contributed by atoms with E-state index in [2.05, 4.69) is 10.7 Å². The molecular weight excluding hydrogens is 557 g/mol. The van der Waals surface area contributed by atoms with E-state index >= 15 is 0 Å². The van der Waals surface area contributed by atoms with Crippen LogP contribution in [0.4, 0.5) is 0 Å². The van der Waals surface area contributed by atoms with Crippen LogP contribution < -0.4 is 25.4 Å². The molecule has 1 saturated heterocycles. The van der Waals surface area contributed by atoms with Crippen molar-refractivity contribution in [1.29, 1.82) is 0 Å². The number of aromatic amines is 1. The van der Waals surface area contributed by atoms with Crippen LogP contribution in [0.5, 0.6) is 11.5 Å². The lowest BCUT2D eigenvalue weighted by Gasteiger charge is -2.26. The zero-order valence-corrected chi connectivity index (χ0v) is 22.5. The van der Waals surface area contributed by atoms with Gasteiger partial charge in [-0.2, -0.15) is 0 Å². The molecule has 41 heavy (non-hydrogen) atoms. The third-order valence-corrected chi connectivity index (χ3v) is 6.98. The van der Waals surface area contributed by atoms with E-state index in [-0.39, 0.29) is 18.1 Å². The Hall–Kier alpha value is -4.31. The number of rotatable bonds is 10. The first-order chi connectivity index (χ1) is 19.6. The van der Waals surface area contributed by atoms with Crippen LogP contribution in [0.3, 0.4) is 0 Å². The summed E-state index contributed by atoms with van der Waals surface area (Å²) in [7, 11) is -2.74. The third-order valence-electron chi connectivity index (χ3n) is 6.09. The fourth-order valence-corrected chi connectivity index (χ4v) is 4.63. The van der Waals surface area contributed by atoms with E-state index in [1.165, 1.54) is 19.1 Å². The normalized spacial score (nSPS) is 22.9. The number of para-hydroxylation sites is 2. The van der Waals surface area contributed by atoms with E-state index < -0.39 is 62.1 Å². The highest BCUT2D eigenvalue weighted by molar-refractivity contribution is 7.34. The van der Waals surface area contributed by atoms with Crippen LogP contribution in [0.1, 0.15) is 18.7 Å². The minimum absolute atomic E-state index is 0.0178. The van der Waals surface area contributed by atoms with Crippen LogP contribution in [0.25, 0.3) is 0 Å². The van der Waals surface area contributed by atoms with Gasteiger partial charge >= 0.3 is 19.8 Å². The Morgan fingerprint density at radius 1 is 1.20 bits per heavy atom. The Labute approximate surface area is 234 Å². The number of nitrogens with one attached hydrogen (secondary N) is 1. The van der Waals surface area contributed by atoms with Gasteiger partial charge in [0, 0.05) is 12.3 Å². The van der Waals surface area contributed by atoms with Gasteiger partial charge in [0.15, 0.2) is 23.6 Å². The highest BCUT2D eigenvalue weighted by atomic mass is 31.1. The van der Waals surface area contributed by atoms with Crippen LogP contribution in [-0.4, -0.2) is 56.2 Å². The number of aliphatic hydroxyl groups excluding tert-OH is 2. The molecule has 3 aromatic rings. The average molecular weight is 583 g/mol. The Morgan fingerprint density at radius 2 is 1.88 bits per heavy atom. The van der Waals surface area contributed by atoms with Gasteiger partial charge in [-0.25, -0.2) is 9.59 Å². The molecule has 0 spiro atoms. The number of carbonyl (C=O) groups excluding carboxylic acids is 1. The number of nitrogens with zero attached hydrogens (tertiary/aromatic N) is 2. The summed E-state index contributed by atoms with van der Waals surface area (Å²) >= 11 is 0. The smallest absolute Gasteiger partial charge is 0.395 e. The first-order valence-electron chi connectivity index (χ1n) is 12.2. The number of hydrogen-bond acceptors (Lipinski definition) is 11. The molecule has 0 bridgehead atoms. The topological polar surface area (TPSA) is 185 Å². The largest absolute Gasteiger partial charge is 0.575 e. The fourth-order valence-electron chi connectivity index (χ4n) is 3.89. The molecular formula is C27H26N3O10P. The summed E-state index contributed by atoms with van der Waals surface area (Å²) in [6.07, 6.45) is 1.96. The van der Waals surface area contributed by atoms with Crippen molar-refractivity contribution in [3.05, 3.63) is 93.3 Å². The van der Waals surface area contributed by atoms with Crippen LogP contribution in [-0.2, 0) is 20.9 Å². The average Bonchev–Trinajstić information content (AvgIpc) is 3.21. The van der Waals surface area contributed by atoms with E-state index in [9.17, 15) is 29.5 Å². The molecule has 14 heteroatoms. The molecule has 0 aliphatic carbocycles. The van der Waals surface area contributed by atoms with Crippen molar-refractivity contribution in [2.75, 3.05) is 6.61 Å². The molecule has 6 atom stereocenters. The number of carbonyl (C=O) groups is 1. The molecule has 1 aliphatic heterocycles. The minimum Gasteiger partial charge on any atom is -0.575 e. The third kappa shape index (κ3) is 6.89. The molecule has 13 nitrogen and oxygen atoms in total. The lowest BCUT2D eigenvalue weighted by molar-refractivity contribution is -0.169. The molecule has 1 aromatic heterocycles. The van der Waals surface area contributed by atoms with Crippen molar-refractivity contribution in [2.45, 2.75) is 43.6 Å². The van der Waals surface area contributed by atoms with Gasteiger partial charge in [-0.3, -0.25) is 18.9 Å². The lowest BCUT2D eigenvalue weighted by Crippen LogP contribution is -2.46. The maximum absolute atomic E-state index is 12.6. The van der Waals surface area contributed by atoms with Crippen LogP contribution in [0.2, 0.25) is 0 Å². The second kappa shape index (κ2) is 12.9. The van der Waals surface area contributed by atoms with Gasteiger partial charge in [0.2, 0.25) is 5.75 Å². The predicted octanol–water partition coefficient (Wildman–Crippen LogP) is 0.605. The molecule has 1 fully saturated rings. The molecule has 1 unspecified atom stereocenters. The van der Waals surface area contributed by atoms with Crippen molar-refractivity contribution < 1.29 is 38.6 Å². The Morgan fingerprint density at radius 3 is 2.56 bits per heavy atom. The monoisotopic (exact) mass is 583 g/mol. The second-order valence-corrected chi connectivity index (χ2v) is 9.83. The number of benzene rings is 2. The number of H-pyrrole nitrogens is 1. The van der Waals surface area contributed by atoms with Crippen LogP contribution in [0.15, 0.2) is 81.2 Å². The van der Waals surface area contributed by atoms with Gasteiger partial charge in [-0.1, -0.05) is 53.1 Å². The summed E-state index contributed by atoms with van der Waals surface area (Å²) in [6.45, 7) is 0.926. The molecule has 0 saturated carbocycles. The fraction of sp³-hybridized carbons (Fsp3) is 0.296. The molecule has 214 valence electrons. The summed E-state index contributed by atoms with van der Waals surface area (Å²) < 4.78 is 26.8. The van der Waals surface area contributed by atoms with E-state index in [1.54, 1.807) is 36.4 Å². The number of hydrogen-bond donors (Lipinski definition) is 3. The van der Waals surface area contributed by atoms with Crippen LogP contribution in [0, 0.1) is 12.3 Å². The number of terminal acetylenes is 1. The summed E-state index contributed by atoms with van der Waals surface area (Å²) in [6, 6.07) is 15.0. The second-order valence-electron chi connectivity index (χ2n) is 8.94. The summed E-state index contributed by atoms with van der Waals surface area (Å²) in [5, 5.41) is 21.3. The van der Waals surface area contributed by atoms with Crippen molar-refractivity contribution in [2.24, 2.45) is 4.74 Å². The van der Waals surface area contributed by atoms with Crippen molar-refractivity contribution >= 4 is 14.1 Å². The standard InChI is InChI=1S/C27H26N3O10P/c1-3-27(23(33)22(32)24(39-27)30-14-13-21(31)28-26(30)35)16-38-19-11-7-8-12-20(19)40-41(36)29-17(2)25(34)37-15-18-9-5-4-6-10-18/h1,4-14,17,22-24,32-33H,15-16H2,2H3,(H,28,31,35)/t17-,22+,23-,24+,27+/m0/s1. The molecule has 1 aliphatic rings. The van der Waals surface area contributed by atoms with Gasteiger partial charge in [-0.15, -0.1) is 6.42 Å². The number of aliphatic hydroxyl groups is 2. The molecule has 3 N–H and O–H groups in total. The molecule has 2 aromatic carbocycles. The number of esters is 1. The first kappa shape index (κ1) is 29.7. The first-order valence-corrected chi connectivity index (χ1v) is 13.4. The Bertz CT molecular complexity index is 1570. The Kier molecular flexibility index (Phi) is 9.34. The van der Waals surface area contributed by atoms with E-state index in [4.69, 9.17) is 25.2 Å². The van der Waals surface area contributed by atoms with Crippen LogP contribution >= 0.6 is 8.17 Å². The van der Waals surface area contributed by atoms with E-state index in [1.807, 2.05) is 11.1 Å². The van der Waals surface area contributed by atoms with E-state index in [0.717, 1.165) is 22.4 Å². The highest BCUT2D eigenvalue weighted by Crippen LogP contribution is 2.39. The maximum atomic E-state index is 12.6. The quantitative estimate of drug-likeness (QED) is 0.174. The summed E-state index contributed by atoms with van der Waals surface area (Å²) in [4.78, 5) is 50.5. The molecule has 4 rings (SSSR count). The molecule has 0 radical (unpaired) electrons. The molecule has 2 heterocycles. The summed E-state index contributed by atoms with van der Waals surface area (Å²) in [5.74, 6) is 1.60. The lowest BCUT2D eigenvalue weighted by atomic mass is 9.97.